The summed E-state index contributed by atoms with van der Waals surface area (Å²) in [5.41, 5.74) is 9.76. The van der Waals surface area contributed by atoms with Crippen LogP contribution in [0.2, 0.25) is 0 Å². The summed E-state index contributed by atoms with van der Waals surface area (Å²) < 4.78 is 23.3. The molecule has 1 amide bonds. The normalized spacial score (nSPS) is 13.0. The van der Waals surface area contributed by atoms with Crippen molar-refractivity contribution < 1.29 is 28.4 Å². The number of nitrogens with zero attached hydrogens (tertiary/aromatic N) is 2. The lowest BCUT2D eigenvalue weighted by atomic mass is 9.92. The molecule has 0 unspecified atom stereocenters. The van der Waals surface area contributed by atoms with Crippen molar-refractivity contribution in [2.45, 2.75) is 32.9 Å². The Morgan fingerprint density at radius 1 is 1.30 bits per heavy atom. The van der Waals surface area contributed by atoms with Gasteiger partial charge in [-0.15, -0.1) is 0 Å². The number of hydrogen-bond acceptors (Lipinski definition) is 6. The second-order valence-corrected chi connectivity index (χ2v) is 9.03. The van der Waals surface area contributed by atoms with Gasteiger partial charge in [0.25, 0.3) is 5.91 Å². The molecule has 30 heavy (non-hydrogen) atoms. The van der Waals surface area contributed by atoms with Crippen LogP contribution in [0.25, 0.3) is 11.3 Å². The number of fused-ring (bicyclic) bond motifs is 3. The molecular formula is C19H20N3O6PS. The van der Waals surface area contributed by atoms with E-state index in [0.29, 0.717) is 27.7 Å². The number of thiophene rings is 1. The van der Waals surface area contributed by atoms with Crippen LogP contribution in [0, 0.1) is 0 Å². The molecule has 158 valence electrons. The molecule has 1 aliphatic carbocycles. The maximum atomic E-state index is 12.0. The minimum absolute atomic E-state index is 0.220. The number of hydrogen-bond donors (Lipinski definition) is 3. The van der Waals surface area contributed by atoms with E-state index in [-0.39, 0.29) is 6.61 Å². The number of benzene rings is 1. The Bertz CT molecular complexity index is 1150. The first-order valence-corrected chi connectivity index (χ1v) is 11.6. The summed E-state index contributed by atoms with van der Waals surface area (Å²) in [5.74, 6) is 0.0199. The molecule has 4 rings (SSSR count). The lowest BCUT2D eigenvalue weighted by Gasteiger charge is -2.13. The largest absolute Gasteiger partial charge is 0.469 e. The van der Waals surface area contributed by atoms with E-state index >= 15 is 0 Å². The van der Waals surface area contributed by atoms with Gasteiger partial charge in [0.1, 0.15) is 11.4 Å². The second-order valence-electron chi connectivity index (χ2n) is 6.81. The topological polar surface area (TPSA) is 137 Å². The molecule has 1 aliphatic rings. The van der Waals surface area contributed by atoms with E-state index < -0.39 is 13.7 Å². The number of aryl methyl sites for hydroxylation is 2. The van der Waals surface area contributed by atoms with Crippen LogP contribution in [-0.2, 0) is 35.1 Å². The number of ether oxygens (including phenoxy) is 1. The molecule has 4 N–H and O–H groups in total. The van der Waals surface area contributed by atoms with Crippen molar-refractivity contribution in [2.75, 3.05) is 0 Å². The van der Waals surface area contributed by atoms with E-state index in [9.17, 15) is 9.36 Å². The first-order valence-electron chi connectivity index (χ1n) is 9.24. The van der Waals surface area contributed by atoms with E-state index in [1.54, 1.807) is 24.3 Å². The Balaban J connectivity index is 1.65. The van der Waals surface area contributed by atoms with Crippen molar-refractivity contribution in [3.63, 3.8) is 0 Å². The van der Waals surface area contributed by atoms with Crippen molar-refractivity contribution in [2.24, 2.45) is 5.73 Å². The van der Waals surface area contributed by atoms with Gasteiger partial charge >= 0.3 is 7.82 Å². The number of phosphoric acid groups is 1. The number of primary amides is 1. The van der Waals surface area contributed by atoms with Gasteiger partial charge in [0.05, 0.1) is 17.0 Å². The number of phosphoric ester groups is 1. The minimum atomic E-state index is -4.53. The quantitative estimate of drug-likeness (QED) is 0.471. The Labute approximate surface area is 176 Å². The van der Waals surface area contributed by atoms with E-state index in [1.807, 2.05) is 17.8 Å². The SMILES string of the molecule is CCn1cc2c(n1)-c1c(Oc3ccc(COP(=O)(O)O)cc3)sc(C(N)=O)c1CC2. The Morgan fingerprint density at radius 2 is 2.03 bits per heavy atom. The van der Waals surface area contributed by atoms with E-state index in [2.05, 4.69) is 9.62 Å². The van der Waals surface area contributed by atoms with Crippen molar-refractivity contribution >= 4 is 25.1 Å². The predicted molar refractivity (Wildman–Crippen MR) is 110 cm³/mol. The van der Waals surface area contributed by atoms with Crippen molar-refractivity contribution in [1.82, 2.24) is 9.78 Å². The van der Waals surface area contributed by atoms with E-state index in [0.717, 1.165) is 35.3 Å². The van der Waals surface area contributed by atoms with Gasteiger partial charge in [-0.1, -0.05) is 23.5 Å². The Hall–Kier alpha value is -2.49. The fourth-order valence-electron chi connectivity index (χ4n) is 3.39. The zero-order valence-electron chi connectivity index (χ0n) is 16.1. The molecule has 11 heteroatoms. The molecule has 0 saturated heterocycles. The molecule has 2 aromatic heterocycles. The highest BCUT2D eigenvalue weighted by molar-refractivity contribution is 7.46. The highest BCUT2D eigenvalue weighted by Crippen LogP contribution is 2.48. The standard InChI is InChI=1S/C19H20N3O6PS/c1-2-22-9-12-5-8-14-15(16(12)21-22)19(30-17(14)18(20)23)28-13-6-3-11(4-7-13)10-27-29(24,25)26/h3-4,6-7,9H,2,5,8,10H2,1H3,(H2,20,23)(H2,24,25,26). The number of carbonyl (C=O) groups excluding carboxylic acids is 1. The highest BCUT2D eigenvalue weighted by Gasteiger charge is 2.30. The average molecular weight is 449 g/mol. The Morgan fingerprint density at radius 3 is 2.67 bits per heavy atom. The molecule has 0 atom stereocenters. The average Bonchev–Trinajstić information content (AvgIpc) is 3.28. The van der Waals surface area contributed by atoms with Crippen LogP contribution in [0.4, 0.5) is 0 Å². The smallest absolute Gasteiger partial charge is 0.446 e. The van der Waals surface area contributed by atoms with Gasteiger partial charge in [0.15, 0.2) is 5.06 Å². The molecule has 1 aromatic carbocycles. The predicted octanol–water partition coefficient (Wildman–Crippen LogP) is 3.23. The minimum Gasteiger partial charge on any atom is -0.446 e. The third-order valence-electron chi connectivity index (χ3n) is 4.77. The fourth-order valence-corrected chi connectivity index (χ4v) is 4.78. The van der Waals surface area contributed by atoms with Crippen LogP contribution in [0.5, 0.6) is 10.8 Å². The molecule has 0 bridgehead atoms. The molecular weight excluding hydrogens is 429 g/mol. The number of carbonyl (C=O) groups is 1. The van der Waals surface area contributed by atoms with Crippen LogP contribution < -0.4 is 10.5 Å². The maximum Gasteiger partial charge on any atom is 0.469 e. The van der Waals surface area contributed by atoms with Crippen LogP contribution in [-0.4, -0.2) is 25.5 Å². The van der Waals surface area contributed by atoms with Gasteiger partial charge < -0.3 is 20.3 Å². The van der Waals surface area contributed by atoms with Gasteiger partial charge in [0, 0.05) is 12.7 Å². The molecule has 0 aliphatic heterocycles. The summed E-state index contributed by atoms with van der Waals surface area (Å²) in [6.45, 7) is 2.53. The maximum absolute atomic E-state index is 12.0. The van der Waals surface area contributed by atoms with E-state index in [1.165, 1.54) is 11.3 Å². The third kappa shape index (κ3) is 4.19. The van der Waals surface area contributed by atoms with Crippen LogP contribution in [0.3, 0.4) is 0 Å². The van der Waals surface area contributed by atoms with Gasteiger partial charge in [-0.3, -0.25) is 14.0 Å². The fraction of sp³-hybridized carbons (Fsp3) is 0.263. The van der Waals surface area contributed by atoms with E-state index in [4.69, 9.17) is 20.3 Å². The second kappa shape index (κ2) is 7.98. The zero-order valence-corrected chi connectivity index (χ0v) is 17.8. The lowest BCUT2D eigenvalue weighted by molar-refractivity contribution is 0.100. The third-order valence-corrected chi connectivity index (χ3v) is 6.36. The van der Waals surface area contributed by atoms with Crippen molar-refractivity contribution in [3.05, 3.63) is 52.0 Å². The summed E-state index contributed by atoms with van der Waals surface area (Å²) in [6, 6.07) is 6.64. The molecule has 9 nitrogen and oxygen atoms in total. The molecule has 0 fully saturated rings. The first kappa shape index (κ1) is 20.8. The van der Waals surface area contributed by atoms with Crippen LogP contribution in [0.1, 0.15) is 33.3 Å². The summed E-state index contributed by atoms with van der Waals surface area (Å²) in [6.07, 6.45) is 3.49. The zero-order chi connectivity index (χ0) is 21.5. The summed E-state index contributed by atoms with van der Waals surface area (Å²) in [7, 11) is -4.53. The van der Waals surface area contributed by atoms with Gasteiger partial charge in [-0.05, 0) is 48.6 Å². The highest BCUT2D eigenvalue weighted by atomic mass is 32.1. The summed E-state index contributed by atoms with van der Waals surface area (Å²) in [5, 5.41) is 5.19. The molecule has 0 radical (unpaired) electrons. The Kier molecular flexibility index (Phi) is 5.52. The molecule has 2 heterocycles. The van der Waals surface area contributed by atoms with Crippen molar-refractivity contribution in [1.29, 1.82) is 0 Å². The van der Waals surface area contributed by atoms with Crippen molar-refractivity contribution in [3.8, 4) is 22.1 Å². The molecule has 0 saturated carbocycles. The summed E-state index contributed by atoms with van der Waals surface area (Å²) in [4.78, 5) is 30.1. The lowest BCUT2D eigenvalue weighted by Crippen LogP contribution is -2.13. The monoisotopic (exact) mass is 449 g/mol. The van der Waals surface area contributed by atoms with Gasteiger partial charge in [0.2, 0.25) is 0 Å². The number of nitrogens with two attached hydrogens (primary N) is 1. The number of rotatable bonds is 7. The first-order chi connectivity index (χ1) is 14.2. The van der Waals surface area contributed by atoms with Crippen LogP contribution >= 0.6 is 19.2 Å². The molecule has 3 aromatic rings. The van der Waals surface area contributed by atoms with Gasteiger partial charge in [-0.25, -0.2) is 4.57 Å². The van der Waals surface area contributed by atoms with Gasteiger partial charge in [-0.2, -0.15) is 5.10 Å². The number of amides is 1. The number of aromatic nitrogens is 2. The molecule has 0 spiro atoms. The van der Waals surface area contributed by atoms with Crippen LogP contribution in [0.15, 0.2) is 30.5 Å². The summed E-state index contributed by atoms with van der Waals surface area (Å²) >= 11 is 1.20.